The average molecular weight is 216 g/mol. The van der Waals surface area contributed by atoms with Gasteiger partial charge in [-0.05, 0) is 11.8 Å². The van der Waals surface area contributed by atoms with Crippen molar-refractivity contribution >= 4 is 12.4 Å². The highest BCUT2D eigenvalue weighted by Gasteiger charge is 2.19. The molecule has 0 saturated carbocycles. The third kappa shape index (κ3) is 6.94. The van der Waals surface area contributed by atoms with Crippen LogP contribution in [0.4, 0.5) is 0 Å². The predicted molar refractivity (Wildman–Crippen MR) is 56.2 cm³/mol. The molecule has 4 heteroatoms. The van der Waals surface area contributed by atoms with Crippen LogP contribution < -0.4 is 0 Å². The summed E-state index contributed by atoms with van der Waals surface area (Å²) in [6.45, 7) is 8.50. The molecule has 0 amide bonds. The van der Waals surface area contributed by atoms with E-state index in [9.17, 15) is 9.59 Å². The molecule has 0 aliphatic rings. The molecule has 0 aromatic heterocycles. The lowest BCUT2D eigenvalue weighted by Crippen LogP contribution is -2.24. The van der Waals surface area contributed by atoms with Crippen molar-refractivity contribution in [2.45, 2.75) is 40.2 Å². The van der Waals surface area contributed by atoms with Gasteiger partial charge in [0.05, 0.1) is 13.0 Å². The molecule has 0 aliphatic heterocycles. The van der Waals surface area contributed by atoms with Crippen LogP contribution in [0.25, 0.3) is 0 Å². The largest absolute Gasteiger partial charge is 0.465 e. The van der Waals surface area contributed by atoms with Gasteiger partial charge in [-0.1, -0.05) is 27.7 Å². The van der Waals surface area contributed by atoms with Gasteiger partial charge >= 0.3 is 5.97 Å². The Morgan fingerprint density at radius 2 is 1.87 bits per heavy atom. The van der Waals surface area contributed by atoms with Crippen LogP contribution in [0.1, 0.15) is 34.1 Å². The summed E-state index contributed by atoms with van der Waals surface area (Å²) in [5.74, 6) is 0.115. The van der Waals surface area contributed by atoms with Crippen LogP contribution in [0, 0.1) is 11.8 Å². The Bertz CT molecular complexity index is 199. The number of rotatable bonds is 7. The van der Waals surface area contributed by atoms with E-state index in [1.54, 1.807) is 0 Å². The fourth-order valence-corrected chi connectivity index (χ4v) is 0.995. The number of hydrogen-bond donors (Lipinski definition) is 0. The van der Waals surface area contributed by atoms with Gasteiger partial charge in [0.25, 0.3) is 6.47 Å². The second kappa shape index (κ2) is 7.26. The second-order valence-corrected chi connectivity index (χ2v) is 4.30. The van der Waals surface area contributed by atoms with E-state index in [2.05, 4.69) is 0 Å². The van der Waals surface area contributed by atoms with Crippen LogP contribution in [0.15, 0.2) is 0 Å². The number of carbonyl (C=O) groups excluding carboxylic acids is 2. The summed E-state index contributed by atoms with van der Waals surface area (Å²) < 4.78 is 9.80. The fraction of sp³-hybridized carbons (Fsp3) is 0.818. The van der Waals surface area contributed by atoms with Gasteiger partial charge in [-0.15, -0.1) is 0 Å². The Morgan fingerprint density at radius 3 is 2.27 bits per heavy atom. The Hall–Kier alpha value is -1.06. The maximum atomic E-state index is 11.3. The molecule has 0 aliphatic carbocycles. The highest BCUT2D eigenvalue weighted by molar-refractivity contribution is 5.70. The van der Waals surface area contributed by atoms with Gasteiger partial charge in [-0.3, -0.25) is 9.59 Å². The van der Waals surface area contributed by atoms with Gasteiger partial charge in [0, 0.05) is 0 Å². The van der Waals surface area contributed by atoms with Crippen molar-refractivity contribution in [3.05, 3.63) is 0 Å². The molecule has 88 valence electrons. The first-order valence-corrected chi connectivity index (χ1v) is 5.22. The average Bonchev–Trinajstić information content (AvgIpc) is 2.14. The van der Waals surface area contributed by atoms with Gasteiger partial charge in [0.1, 0.15) is 6.10 Å². The minimum absolute atomic E-state index is 0.113. The molecule has 0 aromatic rings. The first-order valence-electron chi connectivity index (χ1n) is 5.22. The quantitative estimate of drug-likeness (QED) is 0.481. The van der Waals surface area contributed by atoms with Crippen molar-refractivity contribution in [2.75, 3.05) is 6.61 Å². The third-order valence-corrected chi connectivity index (χ3v) is 1.92. The van der Waals surface area contributed by atoms with Crippen molar-refractivity contribution in [3.8, 4) is 0 Å². The van der Waals surface area contributed by atoms with Crippen LogP contribution in [0.5, 0.6) is 0 Å². The summed E-state index contributed by atoms with van der Waals surface area (Å²) in [7, 11) is 0. The van der Waals surface area contributed by atoms with E-state index < -0.39 is 0 Å². The predicted octanol–water partition coefficient (Wildman–Crippen LogP) is 1.77. The number of ether oxygens (including phenoxy) is 2. The van der Waals surface area contributed by atoms with E-state index in [-0.39, 0.29) is 24.4 Å². The lowest BCUT2D eigenvalue weighted by molar-refractivity contribution is -0.151. The van der Waals surface area contributed by atoms with Crippen molar-refractivity contribution in [3.63, 3.8) is 0 Å². The van der Waals surface area contributed by atoms with Gasteiger partial charge in [0.15, 0.2) is 0 Å². The smallest absolute Gasteiger partial charge is 0.309 e. The lowest BCUT2D eigenvalue weighted by atomic mass is 10.0. The molecule has 0 aromatic carbocycles. The molecule has 0 N–H and O–H groups in total. The van der Waals surface area contributed by atoms with Crippen LogP contribution >= 0.6 is 0 Å². The number of carbonyl (C=O) groups is 2. The van der Waals surface area contributed by atoms with Crippen molar-refractivity contribution in [1.29, 1.82) is 0 Å². The highest BCUT2D eigenvalue weighted by Crippen LogP contribution is 2.11. The molecule has 4 nitrogen and oxygen atoms in total. The molecular weight excluding hydrogens is 196 g/mol. The zero-order valence-electron chi connectivity index (χ0n) is 9.86. The molecule has 1 atom stereocenters. The Labute approximate surface area is 90.9 Å². The Morgan fingerprint density at radius 1 is 1.27 bits per heavy atom. The summed E-state index contributed by atoms with van der Waals surface area (Å²) in [4.78, 5) is 21.5. The van der Waals surface area contributed by atoms with E-state index in [4.69, 9.17) is 9.47 Å². The lowest BCUT2D eigenvalue weighted by Gasteiger charge is -2.18. The summed E-state index contributed by atoms with van der Waals surface area (Å²) in [5, 5.41) is 0. The number of esters is 1. The molecular formula is C11H20O4. The maximum Gasteiger partial charge on any atom is 0.309 e. The standard InChI is InChI=1S/C11H20O4/c1-8(2)6-14-11(13)5-10(9(3)4)15-7-12/h7-10H,5-6H2,1-4H3. The third-order valence-electron chi connectivity index (χ3n) is 1.92. The molecule has 0 fully saturated rings. The Balaban J connectivity index is 3.94. The minimum Gasteiger partial charge on any atom is -0.465 e. The summed E-state index contributed by atoms with van der Waals surface area (Å²) in [6, 6.07) is 0. The van der Waals surface area contributed by atoms with E-state index in [1.165, 1.54) is 0 Å². The van der Waals surface area contributed by atoms with E-state index in [0.29, 0.717) is 19.0 Å². The zero-order chi connectivity index (χ0) is 11.8. The summed E-state index contributed by atoms with van der Waals surface area (Å²) in [6.07, 6.45) is -0.259. The first-order chi connectivity index (χ1) is 6.97. The van der Waals surface area contributed by atoms with Crippen molar-refractivity contribution < 1.29 is 19.1 Å². The topological polar surface area (TPSA) is 52.6 Å². The normalized spacial score (nSPS) is 12.7. The number of hydrogen-bond acceptors (Lipinski definition) is 4. The van der Waals surface area contributed by atoms with Crippen molar-refractivity contribution in [2.24, 2.45) is 11.8 Å². The molecule has 0 spiro atoms. The van der Waals surface area contributed by atoms with E-state index in [1.807, 2.05) is 27.7 Å². The van der Waals surface area contributed by atoms with Crippen LogP contribution in [0.3, 0.4) is 0 Å². The molecule has 0 rings (SSSR count). The van der Waals surface area contributed by atoms with E-state index >= 15 is 0 Å². The Kier molecular flexibility index (Phi) is 6.75. The highest BCUT2D eigenvalue weighted by atomic mass is 16.5. The summed E-state index contributed by atoms with van der Waals surface area (Å²) >= 11 is 0. The zero-order valence-corrected chi connectivity index (χ0v) is 9.86. The van der Waals surface area contributed by atoms with Crippen LogP contribution in [0.2, 0.25) is 0 Å². The SMILES string of the molecule is CC(C)COC(=O)CC(OC=O)C(C)C. The molecule has 15 heavy (non-hydrogen) atoms. The van der Waals surface area contributed by atoms with Crippen LogP contribution in [-0.2, 0) is 19.1 Å². The minimum atomic E-state index is -0.387. The molecule has 0 bridgehead atoms. The van der Waals surface area contributed by atoms with Crippen LogP contribution in [-0.4, -0.2) is 25.2 Å². The second-order valence-electron chi connectivity index (χ2n) is 4.30. The maximum absolute atomic E-state index is 11.3. The van der Waals surface area contributed by atoms with Crippen molar-refractivity contribution in [1.82, 2.24) is 0 Å². The fourth-order valence-electron chi connectivity index (χ4n) is 0.995. The van der Waals surface area contributed by atoms with Gasteiger partial charge < -0.3 is 9.47 Å². The van der Waals surface area contributed by atoms with Gasteiger partial charge in [-0.2, -0.15) is 0 Å². The molecule has 0 radical (unpaired) electrons. The van der Waals surface area contributed by atoms with Gasteiger partial charge in [-0.25, -0.2) is 0 Å². The van der Waals surface area contributed by atoms with E-state index in [0.717, 1.165) is 0 Å². The molecule has 1 unspecified atom stereocenters. The van der Waals surface area contributed by atoms with Gasteiger partial charge in [0.2, 0.25) is 0 Å². The molecule has 0 heterocycles. The molecule has 0 saturated heterocycles. The summed E-state index contributed by atoms with van der Waals surface area (Å²) in [5.41, 5.74) is 0. The monoisotopic (exact) mass is 216 g/mol. The first kappa shape index (κ1) is 13.9.